The van der Waals surface area contributed by atoms with Crippen molar-refractivity contribution in [2.24, 2.45) is 0 Å². The molecule has 0 aliphatic carbocycles. The predicted molar refractivity (Wildman–Crippen MR) is 87.5 cm³/mol. The van der Waals surface area contributed by atoms with Crippen molar-refractivity contribution in [2.45, 2.75) is 24.8 Å². The molecule has 0 aliphatic heterocycles. The monoisotopic (exact) mass is 369 g/mol. The molecule has 0 aromatic heterocycles. The number of hydrogen-bond acceptors (Lipinski definition) is 4. The third-order valence-electron chi connectivity index (χ3n) is 3.45. The van der Waals surface area contributed by atoms with Gasteiger partial charge in [0, 0.05) is 6.04 Å². The van der Waals surface area contributed by atoms with Gasteiger partial charge < -0.3 is 4.74 Å². The average molecular weight is 369 g/mol. The molecule has 2 aromatic carbocycles. The first-order valence-corrected chi connectivity index (χ1v) is 8.97. The van der Waals surface area contributed by atoms with E-state index in [1.54, 1.807) is 6.92 Å². The molecule has 0 bridgehead atoms. The topological polar surface area (TPSA) is 72.5 Å². The minimum Gasteiger partial charge on any atom is -0.462 e. The molecule has 0 saturated heterocycles. The molecule has 0 aliphatic rings. The first-order chi connectivity index (χ1) is 11.7. The van der Waals surface area contributed by atoms with Crippen LogP contribution < -0.4 is 4.72 Å². The Morgan fingerprint density at radius 3 is 2.32 bits per heavy atom. The maximum atomic E-state index is 13.3. The summed E-state index contributed by atoms with van der Waals surface area (Å²) < 4.78 is 58.2. The van der Waals surface area contributed by atoms with Gasteiger partial charge in [-0.2, -0.15) is 0 Å². The van der Waals surface area contributed by atoms with E-state index in [2.05, 4.69) is 4.72 Å². The smallest absolute Gasteiger partial charge is 0.338 e. The Hall–Kier alpha value is -2.32. The zero-order valence-electron chi connectivity index (χ0n) is 13.6. The lowest BCUT2D eigenvalue weighted by molar-refractivity contribution is 0.0526. The number of benzene rings is 2. The van der Waals surface area contributed by atoms with Crippen molar-refractivity contribution in [1.29, 1.82) is 0 Å². The zero-order chi connectivity index (χ0) is 18.6. The summed E-state index contributed by atoms with van der Waals surface area (Å²) in [5.41, 5.74) is 0.514. The van der Waals surface area contributed by atoms with Gasteiger partial charge in [0.1, 0.15) is 0 Å². The highest BCUT2D eigenvalue weighted by molar-refractivity contribution is 7.89. The molecule has 5 nitrogen and oxygen atoms in total. The highest BCUT2D eigenvalue weighted by Gasteiger charge is 2.20. The third kappa shape index (κ3) is 4.61. The Bertz CT molecular complexity index is 867. The summed E-state index contributed by atoms with van der Waals surface area (Å²) in [4.78, 5) is 11.5. The van der Waals surface area contributed by atoms with Gasteiger partial charge in [-0.1, -0.05) is 6.07 Å². The number of sulfonamides is 1. The van der Waals surface area contributed by atoms with E-state index in [-0.39, 0.29) is 22.6 Å². The van der Waals surface area contributed by atoms with Gasteiger partial charge in [-0.05, 0) is 55.8 Å². The quantitative estimate of drug-likeness (QED) is 0.794. The Balaban J connectivity index is 2.17. The van der Waals surface area contributed by atoms with Crippen molar-refractivity contribution in [2.75, 3.05) is 6.61 Å². The van der Waals surface area contributed by atoms with Gasteiger partial charge in [0.25, 0.3) is 0 Å². The van der Waals surface area contributed by atoms with Crippen LogP contribution >= 0.6 is 0 Å². The number of ether oxygens (including phenoxy) is 1. The number of nitrogens with one attached hydrogen (secondary N) is 1. The number of rotatable bonds is 6. The molecular weight excluding hydrogens is 352 g/mol. The van der Waals surface area contributed by atoms with Crippen LogP contribution in [0.1, 0.15) is 35.8 Å². The summed E-state index contributed by atoms with van der Waals surface area (Å²) in [5.74, 6) is -2.61. The summed E-state index contributed by atoms with van der Waals surface area (Å²) in [7, 11) is -3.90. The average Bonchev–Trinajstić information content (AvgIpc) is 2.57. The van der Waals surface area contributed by atoms with Crippen LogP contribution in [0.3, 0.4) is 0 Å². The molecule has 0 unspecified atom stereocenters. The van der Waals surface area contributed by atoms with Crippen molar-refractivity contribution in [3.63, 3.8) is 0 Å². The van der Waals surface area contributed by atoms with Crippen LogP contribution in [-0.2, 0) is 14.8 Å². The SMILES string of the molecule is CCOC(=O)c1ccc(S(=O)(=O)N[C@@H](C)c2ccc(F)c(F)c2)cc1. The van der Waals surface area contributed by atoms with E-state index in [1.807, 2.05) is 0 Å². The largest absolute Gasteiger partial charge is 0.462 e. The lowest BCUT2D eigenvalue weighted by Crippen LogP contribution is -2.27. The van der Waals surface area contributed by atoms with E-state index < -0.39 is 33.7 Å². The van der Waals surface area contributed by atoms with Gasteiger partial charge in [-0.15, -0.1) is 0 Å². The van der Waals surface area contributed by atoms with Gasteiger partial charge in [0.15, 0.2) is 11.6 Å². The minimum atomic E-state index is -3.90. The van der Waals surface area contributed by atoms with Crippen molar-refractivity contribution >= 4 is 16.0 Å². The summed E-state index contributed by atoms with van der Waals surface area (Å²) in [6, 6.07) is 7.62. The fraction of sp³-hybridized carbons (Fsp3) is 0.235. The molecule has 134 valence electrons. The molecule has 25 heavy (non-hydrogen) atoms. The maximum Gasteiger partial charge on any atom is 0.338 e. The Labute approximate surface area is 144 Å². The Kier molecular flexibility index (Phi) is 5.86. The molecule has 2 aromatic rings. The van der Waals surface area contributed by atoms with Crippen molar-refractivity contribution in [1.82, 2.24) is 4.72 Å². The number of carbonyl (C=O) groups excluding carboxylic acids is 1. The highest BCUT2D eigenvalue weighted by Crippen LogP contribution is 2.19. The molecular formula is C17H17F2NO4S. The van der Waals surface area contributed by atoms with E-state index in [9.17, 15) is 22.0 Å². The van der Waals surface area contributed by atoms with Gasteiger partial charge in [0.05, 0.1) is 17.1 Å². The van der Waals surface area contributed by atoms with Crippen molar-refractivity contribution in [3.8, 4) is 0 Å². The van der Waals surface area contributed by atoms with E-state index in [1.165, 1.54) is 37.3 Å². The second-order valence-corrected chi connectivity index (χ2v) is 6.98. The normalized spacial score (nSPS) is 12.6. The second kappa shape index (κ2) is 7.71. The van der Waals surface area contributed by atoms with E-state index >= 15 is 0 Å². The predicted octanol–water partition coefficient (Wildman–Crippen LogP) is 3.18. The van der Waals surface area contributed by atoms with E-state index in [4.69, 9.17) is 4.74 Å². The summed E-state index contributed by atoms with van der Waals surface area (Å²) in [5, 5.41) is 0. The number of esters is 1. The molecule has 2 rings (SSSR count). The molecule has 1 atom stereocenters. The van der Waals surface area contributed by atoms with Crippen LogP contribution in [0.4, 0.5) is 8.78 Å². The maximum absolute atomic E-state index is 13.3. The molecule has 0 amide bonds. The highest BCUT2D eigenvalue weighted by atomic mass is 32.2. The first kappa shape index (κ1) is 19.0. The molecule has 8 heteroatoms. The first-order valence-electron chi connectivity index (χ1n) is 7.49. The molecule has 0 fully saturated rings. The Morgan fingerprint density at radius 2 is 1.76 bits per heavy atom. The minimum absolute atomic E-state index is 0.0602. The van der Waals surface area contributed by atoms with Gasteiger partial charge in [-0.3, -0.25) is 0 Å². The molecule has 1 N–H and O–H groups in total. The lowest BCUT2D eigenvalue weighted by atomic mass is 10.1. The third-order valence-corrected chi connectivity index (χ3v) is 5.01. The molecule has 0 spiro atoms. The van der Waals surface area contributed by atoms with Crippen LogP contribution in [0.15, 0.2) is 47.4 Å². The van der Waals surface area contributed by atoms with Crippen molar-refractivity contribution in [3.05, 3.63) is 65.2 Å². The van der Waals surface area contributed by atoms with Gasteiger partial charge in [0.2, 0.25) is 10.0 Å². The standard InChI is InChI=1S/C17H17F2NO4S/c1-3-24-17(21)12-4-7-14(8-5-12)25(22,23)20-11(2)13-6-9-15(18)16(19)10-13/h4-11,20H,3H2,1-2H3/t11-/m0/s1. The molecule has 0 radical (unpaired) electrons. The molecule has 0 heterocycles. The summed E-state index contributed by atoms with van der Waals surface area (Å²) in [6.45, 7) is 3.39. The van der Waals surface area contributed by atoms with Gasteiger partial charge in [-0.25, -0.2) is 26.7 Å². The number of hydrogen-bond donors (Lipinski definition) is 1. The fourth-order valence-electron chi connectivity index (χ4n) is 2.14. The summed E-state index contributed by atoms with van der Waals surface area (Å²) >= 11 is 0. The van der Waals surface area contributed by atoms with Crippen LogP contribution in [0.25, 0.3) is 0 Å². The lowest BCUT2D eigenvalue weighted by Gasteiger charge is -2.15. The van der Waals surface area contributed by atoms with Crippen LogP contribution in [0.2, 0.25) is 0 Å². The van der Waals surface area contributed by atoms with Crippen LogP contribution in [-0.4, -0.2) is 21.0 Å². The van der Waals surface area contributed by atoms with Gasteiger partial charge >= 0.3 is 5.97 Å². The van der Waals surface area contributed by atoms with E-state index in [0.29, 0.717) is 0 Å². The van der Waals surface area contributed by atoms with Crippen molar-refractivity contribution < 1.29 is 26.7 Å². The van der Waals surface area contributed by atoms with Crippen LogP contribution in [0, 0.1) is 11.6 Å². The van der Waals surface area contributed by atoms with E-state index in [0.717, 1.165) is 12.1 Å². The number of halogens is 2. The fourth-order valence-corrected chi connectivity index (χ4v) is 3.37. The zero-order valence-corrected chi connectivity index (χ0v) is 14.4. The number of carbonyl (C=O) groups is 1. The Morgan fingerprint density at radius 1 is 1.12 bits per heavy atom. The second-order valence-electron chi connectivity index (χ2n) is 5.26. The summed E-state index contributed by atoms with van der Waals surface area (Å²) in [6.07, 6.45) is 0. The van der Waals surface area contributed by atoms with Crippen LogP contribution in [0.5, 0.6) is 0 Å². The molecule has 0 saturated carbocycles.